The van der Waals surface area contributed by atoms with Crippen LogP contribution in [-0.4, -0.2) is 38.5 Å². The quantitative estimate of drug-likeness (QED) is 0.191. The van der Waals surface area contributed by atoms with E-state index in [0.29, 0.717) is 23.6 Å². The van der Waals surface area contributed by atoms with Crippen LogP contribution in [0.15, 0.2) is 77.3 Å². The average molecular weight is 606 g/mol. The minimum atomic E-state index is -1.08. The summed E-state index contributed by atoms with van der Waals surface area (Å²) in [6, 6.07) is 23.7. The number of aromatic nitrogens is 2. The summed E-state index contributed by atoms with van der Waals surface area (Å²) in [4.78, 5) is 23.1. The standard InChI is InChI=1S/C32H33BrN2O5/c1-32(2,3)23-11-14-25(27(19-23)40-20-29(38)39)30-26(15-16-28(36)37)31(22-9-12-24(33)13-10-22)35(34-30)18-17-21-7-5-4-6-8-21/h4-14,19H,15-18,20H2,1-3H3,(H,36,37)(H,38,39). The summed E-state index contributed by atoms with van der Waals surface area (Å²) in [5.41, 5.74) is 5.71. The molecule has 0 saturated heterocycles. The molecule has 0 aliphatic carbocycles. The van der Waals surface area contributed by atoms with Crippen LogP contribution >= 0.6 is 15.9 Å². The molecule has 0 unspecified atom stereocenters. The minimum absolute atomic E-state index is 0.0771. The zero-order valence-electron chi connectivity index (χ0n) is 22.9. The van der Waals surface area contributed by atoms with E-state index >= 15 is 0 Å². The highest BCUT2D eigenvalue weighted by molar-refractivity contribution is 9.10. The van der Waals surface area contributed by atoms with E-state index in [1.165, 1.54) is 0 Å². The normalized spacial score (nSPS) is 11.4. The maximum Gasteiger partial charge on any atom is 0.341 e. The molecule has 0 aliphatic rings. The first-order valence-electron chi connectivity index (χ1n) is 13.1. The van der Waals surface area contributed by atoms with Crippen LogP contribution in [0, 0.1) is 0 Å². The van der Waals surface area contributed by atoms with Crippen molar-refractivity contribution in [2.75, 3.05) is 6.61 Å². The Kier molecular flexibility index (Phi) is 9.10. The summed E-state index contributed by atoms with van der Waals surface area (Å²) in [6.45, 7) is 6.29. The maximum atomic E-state index is 11.7. The molecule has 1 aromatic heterocycles. The van der Waals surface area contributed by atoms with E-state index in [-0.39, 0.29) is 18.3 Å². The van der Waals surface area contributed by atoms with Crippen molar-refractivity contribution >= 4 is 27.9 Å². The van der Waals surface area contributed by atoms with E-state index in [1.54, 1.807) is 0 Å². The van der Waals surface area contributed by atoms with Gasteiger partial charge in [0, 0.05) is 34.1 Å². The lowest BCUT2D eigenvalue weighted by Gasteiger charge is -2.21. The molecule has 0 amide bonds. The SMILES string of the molecule is CC(C)(C)c1ccc(-c2nn(CCc3ccccc3)c(-c3ccc(Br)cc3)c2CCC(=O)O)c(OCC(=O)O)c1. The molecule has 0 saturated carbocycles. The van der Waals surface area contributed by atoms with Gasteiger partial charge in [0.1, 0.15) is 5.75 Å². The topological polar surface area (TPSA) is 102 Å². The summed E-state index contributed by atoms with van der Waals surface area (Å²) in [5, 5.41) is 24.0. The largest absolute Gasteiger partial charge is 0.481 e. The van der Waals surface area contributed by atoms with Crippen molar-refractivity contribution in [3.8, 4) is 28.3 Å². The molecule has 7 nitrogen and oxygen atoms in total. The van der Waals surface area contributed by atoms with Crippen molar-refractivity contribution in [1.29, 1.82) is 0 Å². The fraction of sp³-hybridized carbons (Fsp3) is 0.281. The summed E-state index contributed by atoms with van der Waals surface area (Å²) in [7, 11) is 0. The van der Waals surface area contributed by atoms with Gasteiger partial charge in [0.05, 0.1) is 11.4 Å². The molecule has 0 bridgehead atoms. The zero-order chi connectivity index (χ0) is 28.9. The van der Waals surface area contributed by atoms with Gasteiger partial charge in [-0.1, -0.05) is 85.2 Å². The smallest absolute Gasteiger partial charge is 0.341 e. The van der Waals surface area contributed by atoms with Gasteiger partial charge in [0.15, 0.2) is 6.61 Å². The molecule has 4 aromatic rings. The van der Waals surface area contributed by atoms with Gasteiger partial charge in [-0.05, 0) is 53.6 Å². The fourth-order valence-electron chi connectivity index (χ4n) is 4.60. The van der Waals surface area contributed by atoms with Crippen LogP contribution in [0.2, 0.25) is 0 Å². The lowest BCUT2D eigenvalue weighted by atomic mass is 9.85. The molecule has 0 radical (unpaired) electrons. The molecule has 4 rings (SSSR count). The molecular weight excluding hydrogens is 572 g/mol. The highest BCUT2D eigenvalue weighted by atomic mass is 79.9. The number of rotatable bonds is 11. The van der Waals surface area contributed by atoms with Crippen LogP contribution in [0.3, 0.4) is 0 Å². The van der Waals surface area contributed by atoms with Crippen LogP contribution in [0.4, 0.5) is 0 Å². The predicted molar refractivity (Wildman–Crippen MR) is 159 cm³/mol. The second-order valence-electron chi connectivity index (χ2n) is 10.7. The molecule has 3 aromatic carbocycles. The van der Waals surface area contributed by atoms with Crippen LogP contribution in [0.1, 0.15) is 43.9 Å². The molecule has 0 atom stereocenters. The first-order valence-corrected chi connectivity index (χ1v) is 13.9. The van der Waals surface area contributed by atoms with E-state index < -0.39 is 18.5 Å². The summed E-state index contributed by atoms with van der Waals surface area (Å²) in [5.74, 6) is -1.58. The fourth-order valence-corrected chi connectivity index (χ4v) is 4.86. The lowest BCUT2D eigenvalue weighted by molar-refractivity contribution is -0.139. The number of aryl methyl sites for hydroxylation is 2. The van der Waals surface area contributed by atoms with E-state index in [4.69, 9.17) is 9.84 Å². The Labute approximate surface area is 242 Å². The van der Waals surface area contributed by atoms with E-state index in [1.807, 2.05) is 65.3 Å². The second-order valence-corrected chi connectivity index (χ2v) is 11.6. The first-order chi connectivity index (χ1) is 19.0. The van der Waals surface area contributed by atoms with Gasteiger partial charge in [0.25, 0.3) is 0 Å². The number of benzene rings is 3. The molecule has 208 valence electrons. The number of halogens is 1. The Morgan fingerprint density at radius 1 is 0.925 bits per heavy atom. The molecule has 0 spiro atoms. The van der Waals surface area contributed by atoms with Crippen LogP contribution in [0.25, 0.3) is 22.5 Å². The number of hydrogen-bond acceptors (Lipinski definition) is 4. The van der Waals surface area contributed by atoms with Gasteiger partial charge in [0.2, 0.25) is 0 Å². The zero-order valence-corrected chi connectivity index (χ0v) is 24.4. The molecular formula is C32H33BrN2O5. The van der Waals surface area contributed by atoms with E-state index in [9.17, 15) is 19.8 Å². The van der Waals surface area contributed by atoms with Crippen LogP contribution in [-0.2, 0) is 34.4 Å². The van der Waals surface area contributed by atoms with Gasteiger partial charge in [-0.2, -0.15) is 5.10 Å². The second kappa shape index (κ2) is 12.5. The van der Waals surface area contributed by atoms with Crippen molar-refractivity contribution in [3.05, 3.63) is 94.0 Å². The summed E-state index contributed by atoms with van der Waals surface area (Å²) in [6.07, 6.45) is 0.905. The molecule has 0 aliphatic heterocycles. The molecule has 0 fully saturated rings. The van der Waals surface area contributed by atoms with Gasteiger partial charge >= 0.3 is 11.9 Å². The Balaban J connectivity index is 1.92. The number of nitrogens with zero attached hydrogens (tertiary/aromatic N) is 2. The number of carboxylic acid groups (broad SMARTS) is 2. The Hall–Kier alpha value is -3.91. The molecule has 1 heterocycles. The number of carbonyl (C=O) groups is 2. The Morgan fingerprint density at radius 3 is 2.25 bits per heavy atom. The summed E-state index contributed by atoms with van der Waals surface area (Å²) >= 11 is 3.50. The monoisotopic (exact) mass is 604 g/mol. The average Bonchev–Trinajstić information content (AvgIpc) is 3.28. The third-order valence-electron chi connectivity index (χ3n) is 6.67. The number of aliphatic carboxylic acids is 2. The van der Waals surface area contributed by atoms with Crippen molar-refractivity contribution in [2.45, 2.75) is 52.0 Å². The molecule has 2 N–H and O–H groups in total. The highest BCUT2D eigenvalue weighted by Crippen LogP contribution is 2.40. The first kappa shape index (κ1) is 29.1. The third-order valence-corrected chi connectivity index (χ3v) is 7.19. The molecule has 8 heteroatoms. The van der Waals surface area contributed by atoms with Crippen molar-refractivity contribution in [1.82, 2.24) is 9.78 Å². The van der Waals surface area contributed by atoms with E-state index in [2.05, 4.69) is 48.8 Å². The van der Waals surface area contributed by atoms with Crippen LogP contribution in [0.5, 0.6) is 5.75 Å². The summed E-state index contributed by atoms with van der Waals surface area (Å²) < 4.78 is 8.66. The Morgan fingerprint density at radius 2 is 1.62 bits per heavy atom. The van der Waals surface area contributed by atoms with Crippen molar-refractivity contribution < 1.29 is 24.5 Å². The van der Waals surface area contributed by atoms with Crippen LogP contribution < -0.4 is 4.74 Å². The maximum absolute atomic E-state index is 11.7. The third kappa shape index (κ3) is 7.18. The molecule has 40 heavy (non-hydrogen) atoms. The van der Waals surface area contributed by atoms with E-state index in [0.717, 1.165) is 38.8 Å². The van der Waals surface area contributed by atoms with Gasteiger partial charge in [-0.25, -0.2) is 4.79 Å². The highest BCUT2D eigenvalue weighted by Gasteiger charge is 2.25. The van der Waals surface area contributed by atoms with Gasteiger partial charge in [-0.15, -0.1) is 0 Å². The number of carboxylic acids is 2. The van der Waals surface area contributed by atoms with Gasteiger partial charge in [-0.3, -0.25) is 9.48 Å². The van der Waals surface area contributed by atoms with Crippen molar-refractivity contribution in [3.63, 3.8) is 0 Å². The van der Waals surface area contributed by atoms with Gasteiger partial charge < -0.3 is 14.9 Å². The minimum Gasteiger partial charge on any atom is -0.481 e. The lowest BCUT2D eigenvalue weighted by Crippen LogP contribution is -2.14. The Bertz CT molecular complexity index is 1490. The number of hydrogen-bond donors (Lipinski definition) is 2. The van der Waals surface area contributed by atoms with Crippen molar-refractivity contribution in [2.24, 2.45) is 0 Å². The predicted octanol–water partition coefficient (Wildman–Crippen LogP) is 7.00. The number of ether oxygens (including phenoxy) is 1.